The molecule has 2 nitrogen and oxygen atoms in total. The molecule has 2 atom stereocenters. The molecule has 2 unspecified atom stereocenters. The van der Waals surface area contributed by atoms with Gasteiger partial charge in [-0.3, -0.25) is 0 Å². The molecule has 0 bridgehead atoms. The summed E-state index contributed by atoms with van der Waals surface area (Å²) in [5.41, 5.74) is 10.3. The number of aryl methyl sites for hydroxylation is 2. The average Bonchev–Trinajstić information content (AvgIpc) is 2.43. The Morgan fingerprint density at radius 2 is 1.76 bits per heavy atom. The van der Waals surface area contributed by atoms with Gasteiger partial charge in [0.25, 0.3) is 0 Å². The monoisotopic (exact) mass is 411 g/mol. The van der Waals surface area contributed by atoms with E-state index >= 15 is 0 Å². The highest BCUT2D eigenvalue weighted by atomic mass is 79.9. The van der Waals surface area contributed by atoms with Gasteiger partial charge in [-0.1, -0.05) is 56.1 Å². The summed E-state index contributed by atoms with van der Waals surface area (Å²) in [4.78, 5) is 0. The molecule has 112 valence electrons. The van der Waals surface area contributed by atoms with E-state index in [9.17, 15) is 5.11 Å². The second kappa shape index (κ2) is 7.05. The third-order valence-corrected chi connectivity index (χ3v) is 5.06. The van der Waals surface area contributed by atoms with Crippen molar-refractivity contribution in [2.24, 2.45) is 5.73 Å². The molecular weight excluding hydrogens is 394 g/mol. The Morgan fingerprint density at radius 3 is 2.33 bits per heavy atom. The smallest absolute Gasteiger partial charge is 0.0881 e. The largest absolute Gasteiger partial charge is 0.388 e. The zero-order valence-electron chi connectivity index (χ0n) is 12.1. The molecule has 2 rings (SSSR count). The minimum Gasteiger partial charge on any atom is -0.388 e. The van der Waals surface area contributed by atoms with Gasteiger partial charge in [0.1, 0.15) is 0 Å². The molecule has 0 radical (unpaired) electrons. The Morgan fingerprint density at radius 1 is 1.05 bits per heavy atom. The van der Waals surface area contributed by atoms with Gasteiger partial charge in [0.2, 0.25) is 0 Å². The van der Waals surface area contributed by atoms with Gasteiger partial charge in [0.05, 0.1) is 6.10 Å². The Balaban J connectivity index is 2.37. The van der Waals surface area contributed by atoms with E-state index in [0.29, 0.717) is 6.54 Å². The summed E-state index contributed by atoms with van der Waals surface area (Å²) in [6.07, 6.45) is -0.639. The third kappa shape index (κ3) is 3.75. The summed E-state index contributed by atoms with van der Waals surface area (Å²) in [5.74, 6) is -0.123. The minimum absolute atomic E-state index is 0.123. The predicted octanol–water partition coefficient (Wildman–Crippen LogP) is 4.60. The highest BCUT2D eigenvalue weighted by molar-refractivity contribution is 9.11. The lowest BCUT2D eigenvalue weighted by atomic mass is 9.88. The first kappa shape index (κ1) is 16.7. The van der Waals surface area contributed by atoms with E-state index in [2.05, 4.69) is 63.9 Å². The first-order chi connectivity index (χ1) is 9.93. The average molecular weight is 413 g/mol. The van der Waals surface area contributed by atoms with Gasteiger partial charge >= 0.3 is 0 Å². The Labute approximate surface area is 142 Å². The molecular formula is C17H19Br2NO. The molecule has 0 aliphatic carbocycles. The first-order valence-electron chi connectivity index (χ1n) is 6.84. The highest BCUT2D eigenvalue weighted by Crippen LogP contribution is 2.35. The molecule has 3 N–H and O–H groups in total. The van der Waals surface area contributed by atoms with Gasteiger partial charge < -0.3 is 10.8 Å². The van der Waals surface area contributed by atoms with Crippen LogP contribution in [0.3, 0.4) is 0 Å². The van der Waals surface area contributed by atoms with Crippen molar-refractivity contribution in [2.75, 3.05) is 6.54 Å². The fourth-order valence-corrected chi connectivity index (χ4v) is 3.68. The fraction of sp³-hybridized carbons (Fsp3) is 0.294. The van der Waals surface area contributed by atoms with Crippen LogP contribution in [0.4, 0.5) is 0 Å². The zero-order chi connectivity index (χ0) is 15.6. The lowest BCUT2D eigenvalue weighted by Crippen LogP contribution is -2.20. The number of aliphatic hydroxyl groups is 1. The topological polar surface area (TPSA) is 46.2 Å². The molecule has 0 aromatic heterocycles. The molecule has 0 saturated heterocycles. The van der Waals surface area contributed by atoms with Crippen molar-refractivity contribution in [2.45, 2.75) is 25.9 Å². The lowest BCUT2D eigenvalue weighted by Gasteiger charge is -2.24. The van der Waals surface area contributed by atoms with E-state index in [1.807, 2.05) is 18.2 Å². The van der Waals surface area contributed by atoms with Gasteiger partial charge in [0.15, 0.2) is 0 Å². The van der Waals surface area contributed by atoms with E-state index < -0.39 is 6.10 Å². The second-order valence-corrected chi connectivity index (χ2v) is 7.07. The molecule has 21 heavy (non-hydrogen) atoms. The van der Waals surface area contributed by atoms with Gasteiger partial charge in [-0.05, 0) is 48.2 Å². The van der Waals surface area contributed by atoms with Crippen LogP contribution in [0.25, 0.3) is 0 Å². The molecule has 0 amide bonds. The van der Waals surface area contributed by atoms with Crippen LogP contribution in [0, 0.1) is 13.8 Å². The number of benzene rings is 2. The molecule has 0 heterocycles. The van der Waals surface area contributed by atoms with Gasteiger partial charge in [-0.2, -0.15) is 0 Å². The van der Waals surface area contributed by atoms with E-state index in [1.165, 1.54) is 11.1 Å². The van der Waals surface area contributed by atoms with Crippen molar-refractivity contribution in [3.63, 3.8) is 0 Å². The van der Waals surface area contributed by atoms with Crippen LogP contribution < -0.4 is 5.73 Å². The molecule has 0 aliphatic heterocycles. The molecule has 0 saturated carbocycles. The number of hydrogen-bond donors (Lipinski definition) is 2. The van der Waals surface area contributed by atoms with Crippen molar-refractivity contribution in [3.8, 4) is 0 Å². The number of halogens is 2. The Hall–Kier alpha value is -0.680. The quantitative estimate of drug-likeness (QED) is 0.770. The van der Waals surface area contributed by atoms with E-state index in [-0.39, 0.29) is 5.92 Å². The van der Waals surface area contributed by atoms with Crippen LogP contribution in [-0.4, -0.2) is 11.7 Å². The van der Waals surface area contributed by atoms with Gasteiger partial charge in [-0.25, -0.2) is 0 Å². The Kier molecular flexibility index (Phi) is 5.60. The van der Waals surface area contributed by atoms with E-state index in [0.717, 1.165) is 20.1 Å². The number of hydrogen-bond acceptors (Lipinski definition) is 2. The molecule has 2 aromatic rings. The maximum atomic E-state index is 10.7. The van der Waals surface area contributed by atoms with Crippen molar-refractivity contribution in [1.82, 2.24) is 0 Å². The molecule has 0 spiro atoms. The summed E-state index contributed by atoms with van der Waals surface area (Å²) in [7, 11) is 0. The molecule has 0 aliphatic rings. The van der Waals surface area contributed by atoms with Crippen LogP contribution in [0.5, 0.6) is 0 Å². The summed E-state index contributed by atoms with van der Waals surface area (Å²) in [5, 5.41) is 10.7. The van der Waals surface area contributed by atoms with Gasteiger partial charge in [0, 0.05) is 21.4 Å². The predicted molar refractivity (Wildman–Crippen MR) is 94.5 cm³/mol. The summed E-state index contributed by atoms with van der Waals surface area (Å²) >= 11 is 6.94. The Bertz CT molecular complexity index is 643. The van der Waals surface area contributed by atoms with Crippen molar-refractivity contribution >= 4 is 31.9 Å². The van der Waals surface area contributed by atoms with Crippen LogP contribution >= 0.6 is 31.9 Å². The minimum atomic E-state index is -0.639. The van der Waals surface area contributed by atoms with Crippen LogP contribution in [-0.2, 0) is 0 Å². The van der Waals surface area contributed by atoms with Crippen LogP contribution in [0.15, 0.2) is 45.3 Å². The number of rotatable bonds is 4. The molecule has 2 aromatic carbocycles. The van der Waals surface area contributed by atoms with Crippen molar-refractivity contribution in [3.05, 3.63) is 67.6 Å². The molecule has 0 fully saturated rings. The molecule has 4 heteroatoms. The standard InChI is InChI=1S/C17H19Br2NO/c1-10-3-4-12(7-11(10)2)15(9-20)17(21)14-6-5-13(18)8-16(14)19/h3-8,15,17,21H,9,20H2,1-2H3. The van der Waals surface area contributed by atoms with Crippen LogP contribution in [0.2, 0.25) is 0 Å². The van der Waals surface area contributed by atoms with Gasteiger partial charge in [-0.15, -0.1) is 0 Å². The summed E-state index contributed by atoms with van der Waals surface area (Å²) in [6.45, 7) is 4.55. The lowest BCUT2D eigenvalue weighted by molar-refractivity contribution is 0.146. The second-order valence-electron chi connectivity index (χ2n) is 5.30. The maximum Gasteiger partial charge on any atom is 0.0881 e. The van der Waals surface area contributed by atoms with E-state index in [4.69, 9.17) is 5.73 Å². The van der Waals surface area contributed by atoms with Crippen molar-refractivity contribution in [1.29, 1.82) is 0 Å². The fourth-order valence-electron chi connectivity index (χ4n) is 2.40. The SMILES string of the molecule is Cc1ccc(C(CN)C(O)c2ccc(Br)cc2Br)cc1C. The third-order valence-electron chi connectivity index (χ3n) is 3.88. The summed E-state index contributed by atoms with van der Waals surface area (Å²) < 4.78 is 1.85. The number of nitrogens with two attached hydrogens (primary N) is 1. The van der Waals surface area contributed by atoms with Crippen molar-refractivity contribution < 1.29 is 5.11 Å². The highest BCUT2D eigenvalue weighted by Gasteiger charge is 2.23. The first-order valence-corrected chi connectivity index (χ1v) is 8.43. The van der Waals surface area contributed by atoms with E-state index in [1.54, 1.807) is 0 Å². The zero-order valence-corrected chi connectivity index (χ0v) is 15.3. The normalized spacial score (nSPS) is 14.0. The maximum absolute atomic E-state index is 10.7. The summed E-state index contributed by atoms with van der Waals surface area (Å²) in [6, 6.07) is 12.0. The number of aliphatic hydroxyl groups excluding tert-OH is 1. The van der Waals surface area contributed by atoms with Crippen LogP contribution in [0.1, 0.15) is 34.3 Å².